The van der Waals surface area contributed by atoms with Gasteiger partial charge in [0.1, 0.15) is 11.5 Å². The zero-order valence-corrected chi connectivity index (χ0v) is 17.1. The van der Waals surface area contributed by atoms with Gasteiger partial charge in [0.2, 0.25) is 0 Å². The Bertz CT molecular complexity index is 1080. The number of nitrogens with one attached hydrogen (secondary N) is 1. The minimum Gasteiger partial charge on any atom is -0.457 e. The van der Waals surface area contributed by atoms with Gasteiger partial charge in [-0.3, -0.25) is 9.59 Å². The maximum absolute atomic E-state index is 12.2. The SMILES string of the molecule is CCCCn1nc(C(=O)OCC(=O)Nc2ccc(Oc3ccccc3)cc2)ccc1=O. The Morgan fingerprint density at radius 1 is 0.968 bits per heavy atom. The van der Waals surface area contributed by atoms with Crippen LogP contribution in [0.5, 0.6) is 11.5 Å². The summed E-state index contributed by atoms with van der Waals surface area (Å²) >= 11 is 0. The van der Waals surface area contributed by atoms with E-state index in [0.29, 0.717) is 23.7 Å². The number of para-hydroxylation sites is 1. The number of carbonyl (C=O) groups excluding carboxylic acids is 2. The molecule has 0 saturated carbocycles. The van der Waals surface area contributed by atoms with Crippen molar-refractivity contribution >= 4 is 17.6 Å². The molecule has 0 saturated heterocycles. The van der Waals surface area contributed by atoms with Gasteiger partial charge in [0.15, 0.2) is 12.3 Å². The molecule has 0 spiro atoms. The molecule has 8 nitrogen and oxygen atoms in total. The zero-order valence-electron chi connectivity index (χ0n) is 17.1. The van der Waals surface area contributed by atoms with Gasteiger partial charge >= 0.3 is 5.97 Å². The third-order valence-corrected chi connectivity index (χ3v) is 4.25. The van der Waals surface area contributed by atoms with E-state index in [0.717, 1.165) is 12.8 Å². The topological polar surface area (TPSA) is 99.5 Å². The molecule has 1 aromatic heterocycles. The Morgan fingerprint density at radius 2 is 1.68 bits per heavy atom. The highest BCUT2D eigenvalue weighted by Gasteiger charge is 2.13. The predicted octanol–water partition coefficient (Wildman–Crippen LogP) is 3.63. The molecule has 31 heavy (non-hydrogen) atoms. The first-order valence-electron chi connectivity index (χ1n) is 9.93. The molecule has 2 aromatic carbocycles. The van der Waals surface area contributed by atoms with Crippen LogP contribution in [-0.4, -0.2) is 28.3 Å². The molecule has 0 radical (unpaired) electrons. The van der Waals surface area contributed by atoms with Crippen molar-refractivity contribution in [3.8, 4) is 11.5 Å². The first-order valence-corrected chi connectivity index (χ1v) is 9.93. The van der Waals surface area contributed by atoms with Gasteiger partial charge in [-0.1, -0.05) is 31.5 Å². The maximum atomic E-state index is 12.2. The molecule has 1 amide bonds. The first kappa shape index (κ1) is 21.8. The minimum absolute atomic E-state index is 0.0223. The summed E-state index contributed by atoms with van der Waals surface area (Å²) in [4.78, 5) is 36.0. The first-order chi connectivity index (χ1) is 15.0. The Balaban J connectivity index is 1.50. The van der Waals surface area contributed by atoms with E-state index in [2.05, 4.69) is 10.4 Å². The van der Waals surface area contributed by atoms with E-state index in [1.807, 2.05) is 37.3 Å². The van der Waals surface area contributed by atoms with Crippen LogP contribution in [0.25, 0.3) is 0 Å². The molecule has 3 rings (SSSR count). The van der Waals surface area contributed by atoms with Crippen LogP contribution < -0.4 is 15.6 Å². The third-order valence-electron chi connectivity index (χ3n) is 4.25. The fourth-order valence-electron chi connectivity index (χ4n) is 2.66. The number of hydrogen-bond acceptors (Lipinski definition) is 6. The van der Waals surface area contributed by atoms with Crippen LogP contribution in [-0.2, 0) is 16.1 Å². The highest BCUT2D eigenvalue weighted by atomic mass is 16.5. The lowest BCUT2D eigenvalue weighted by Crippen LogP contribution is -2.26. The van der Waals surface area contributed by atoms with Gasteiger partial charge in [-0.05, 0) is 48.9 Å². The normalized spacial score (nSPS) is 10.4. The number of anilines is 1. The van der Waals surface area contributed by atoms with Crippen molar-refractivity contribution in [2.45, 2.75) is 26.3 Å². The van der Waals surface area contributed by atoms with Crippen molar-refractivity contribution in [2.24, 2.45) is 0 Å². The average Bonchev–Trinajstić information content (AvgIpc) is 2.79. The molecule has 0 aliphatic carbocycles. The number of nitrogens with zero attached hydrogens (tertiary/aromatic N) is 2. The van der Waals surface area contributed by atoms with Gasteiger partial charge < -0.3 is 14.8 Å². The Morgan fingerprint density at radius 3 is 2.39 bits per heavy atom. The molecule has 0 aliphatic heterocycles. The average molecular weight is 421 g/mol. The molecule has 1 heterocycles. The summed E-state index contributed by atoms with van der Waals surface area (Å²) in [5.74, 6) is 0.0668. The van der Waals surface area contributed by atoms with Crippen LogP contribution in [0.2, 0.25) is 0 Å². The van der Waals surface area contributed by atoms with Gasteiger partial charge in [-0.2, -0.15) is 5.10 Å². The van der Waals surface area contributed by atoms with Crippen LogP contribution in [0.1, 0.15) is 30.3 Å². The molecule has 0 atom stereocenters. The number of hydrogen-bond donors (Lipinski definition) is 1. The fraction of sp³-hybridized carbons (Fsp3) is 0.217. The molecule has 8 heteroatoms. The highest BCUT2D eigenvalue weighted by Crippen LogP contribution is 2.22. The number of aromatic nitrogens is 2. The van der Waals surface area contributed by atoms with E-state index in [1.54, 1.807) is 24.3 Å². The van der Waals surface area contributed by atoms with Crippen molar-refractivity contribution in [1.29, 1.82) is 0 Å². The molecule has 3 aromatic rings. The second-order valence-corrected chi connectivity index (χ2v) is 6.70. The Kier molecular flexibility index (Phi) is 7.53. The summed E-state index contributed by atoms with van der Waals surface area (Å²) in [5, 5.41) is 6.64. The van der Waals surface area contributed by atoms with Crippen LogP contribution in [0.4, 0.5) is 5.69 Å². The second-order valence-electron chi connectivity index (χ2n) is 6.70. The molecule has 0 fully saturated rings. The number of carbonyl (C=O) groups is 2. The van der Waals surface area contributed by atoms with E-state index < -0.39 is 18.5 Å². The van der Waals surface area contributed by atoms with Gasteiger partial charge in [0.05, 0.1) is 0 Å². The third kappa shape index (κ3) is 6.53. The molecule has 0 aliphatic rings. The predicted molar refractivity (Wildman–Crippen MR) is 115 cm³/mol. The van der Waals surface area contributed by atoms with Gasteiger partial charge in [0, 0.05) is 18.3 Å². The number of rotatable bonds is 9. The lowest BCUT2D eigenvalue weighted by atomic mass is 10.3. The number of ether oxygens (including phenoxy) is 2. The molecular formula is C23H23N3O5. The number of unbranched alkanes of at least 4 members (excludes halogenated alkanes) is 1. The van der Waals surface area contributed by atoms with Gasteiger partial charge in [0.25, 0.3) is 11.5 Å². The molecule has 160 valence electrons. The van der Waals surface area contributed by atoms with Crippen molar-refractivity contribution in [2.75, 3.05) is 11.9 Å². The fourth-order valence-corrected chi connectivity index (χ4v) is 2.66. The number of aryl methyl sites for hydroxylation is 1. The van der Waals surface area contributed by atoms with E-state index in [1.165, 1.54) is 16.8 Å². The summed E-state index contributed by atoms with van der Waals surface area (Å²) < 4.78 is 11.9. The minimum atomic E-state index is -0.771. The van der Waals surface area contributed by atoms with E-state index >= 15 is 0 Å². The summed E-state index contributed by atoms with van der Waals surface area (Å²) in [6.45, 7) is 1.93. The number of esters is 1. The Labute approximate surface area is 179 Å². The second kappa shape index (κ2) is 10.7. The largest absolute Gasteiger partial charge is 0.457 e. The van der Waals surface area contributed by atoms with Crippen molar-refractivity contribution < 1.29 is 19.1 Å². The van der Waals surface area contributed by atoms with Crippen LogP contribution in [0.3, 0.4) is 0 Å². The zero-order chi connectivity index (χ0) is 22.1. The smallest absolute Gasteiger partial charge is 0.359 e. The lowest BCUT2D eigenvalue weighted by Gasteiger charge is -2.09. The Hall–Kier alpha value is -3.94. The molecule has 0 bridgehead atoms. The van der Waals surface area contributed by atoms with Crippen LogP contribution in [0, 0.1) is 0 Å². The number of benzene rings is 2. The highest BCUT2D eigenvalue weighted by molar-refractivity contribution is 5.94. The van der Waals surface area contributed by atoms with E-state index in [4.69, 9.17) is 9.47 Å². The van der Waals surface area contributed by atoms with E-state index in [-0.39, 0.29) is 11.3 Å². The summed E-state index contributed by atoms with van der Waals surface area (Å²) in [6, 6.07) is 18.7. The molecule has 1 N–H and O–H groups in total. The standard InChI is InChI=1S/C23H23N3O5/c1-2-3-15-26-22(28)14-13-20(25-26)23(29)30-16-21(27)24-17-9-11-19(12-10-17)31-18-7-5-4-6-8-18/h4-14H,2-3,15-16H2,1H3,(H,24,27). The van der Waals surface area contributed by atoms with Gasteiger partial charge in [-0.15, -0.1) is 0 Å². The summed E-state index contributed by atoms with van der Waals surface area (Å²) in [6.07, 6.45) is 1.66. The quantitative estimate of drug-likeness (QED) is 0.530. The van der Waals surface area contributed by atoms with Crippen molar-refractivity contribution in [1.82, 2.24) is 9.78 Å². The molecular weight excluding hydrogens is 398 g/mol. The van der Waals surface area contributed by atoms with Crippen molar-refractivity contribution in [3.05, 3.63) is 82.8 Å². The summed E-state index contributed by atoms with van der Waals surface area (Å²) in [5.41, 5.74) is 0.223. The monoisotopic (exact) mass is 421 g/mol. The number of amides is 1. The lowest BCUT2D eigenvalue weighted by molar-refractivity contribution is -0.119. The van der Waals surface area contributed by atoms with Gasteiger partial charge in [-0.25, -0.2) is 9.48 Å². The maximum Gasteiger partial charge on any atom is 0.359 e. The van der Waals surface area contributed by atoms with E-state index in [9.17, 15) is 14.4 Å². The summed E-state index contributed by atoms with van der Waals surface area (Å²) in [7, 11) is 0. The van der Waals surface area contributed by atoms with Crippen molar-refractivity contribution in [3.63, 3.8) is 0 Å². The van der Waals surface area contributed by atoms with Crippen LogP contribution >= 0.6 is 0 Å². The molecule has 0 unspecified atom stereocenters. The van der Waals surface area contributed by atoms with Crippen LogP contribution in [0.15, 0.2) is 71.5 Å².